The molecule has 0 fully saturated rings. The van der Waals surface area contributed by atoms with Crippen LogP contribution in [0, 0.1) is 0 Å². The van der Waals surface area contributed by atoms with Crippen molar-refractivity contribution in [3.05, 3.63) is 83.9 Å². The van der Waals surface area contributed by atoms with Crippen molar-refractivity contribution < 1.29 is 28.6 Å². The Morgan fingerprint density at radius 3 is 1.48 bits per heavy atom. The lowest BCUT2D eigenvalue weighted by atomic mass is 10.0. The van der Waals surface area contributed by atoms with Crippen molar-refractivity contribution in [1.29, 1.82) is 0 Å². The maximum Gasteiger partial charge on any atom is 0.343 e. The van der Waals surface area contributed by atoms with Gasteiger partial charge in [-0.2, -0.15) is 0 Å². The quantitative estimate of drug-likeness (QED) is 0.0574. The van der Waals surface area contributed by atoms with Crippen LogP contribution >= 0.6 is 0 Å². The molecule has 0 amide bonds. The van der Waals surface area contributed by atoms with E-state index in [0.717, 1.165) is 43.2 Å². The van der Waals surface area contributed by atoms with E-state index in [1.54, 1.807) is 48.5 Å². The maximum atomic E-state index is 12.8. The Morgan fingerprint density at radius 1 is 0.500 bits per heavy atom. The molecule has 0 spiro atoms. The molecule has 0 aromatic heterocycles. The van der Waals surface area contributed by atoms with Gasteiger partial charge in [0.15, 0.2) is 0 Å². The second-order valence-corrected chi connectivity index (χ2v) is 12.8. The van der Waals surface area contributed by atoms with Crippen molar-refractivity contribution in [3.8, 4) is 22.6 Å². The molecule has 3 rings (SSSR count). The lowest BCUT2D eigenvalue weighted by Crippen LogP contribution is -2.15. The Bertz CT molecular complexity index is 1340. The van der Waals surface area contributed by atoms with Crippen molar-refractivity contribution in [2.24, 2.45) is 0 Å². The Labute approximate surface area is 288 Å². The smallest absolute Gasteiger partial charge is 0.343 e. The second-order valence-electron chi connectivity index (χ2n) is 12.8. The van der Waals surface area contributed by atoms with Crippen LogP contribution in [0.3, 0.4) is 0 Å². The van der Waals surface area contributed by atoms with Gasteiger partial charge in [-0.15, -0.1) is 0 Å². The number of hydrogen-bond acceptors (Lipinski definition) is 6. The summed E-state index contributed by atoms with van der Waals surface area (Å²) >= 11 is 0. The van der Waals surface area contributed by atoms with Crippen LogP contribution in [0.4, 0.5) is 0 Å². The molecular formula is C42H56O6. The van der Waals surface area contributed by atoms with E-state index in [1.165, 1.54) is 70.6 Å². The fraction of sp³-hybridized carbons (Fsp3) is 0.500. The van der Waals surface area contributed by atoms with Gasteiger partial charge < -0.3 is 14.2 Å². The fourth-order valence-electron chi connectivity index (χ4n) is 5.62. The van der Waals surface area contributed by atoms with E-state index in [2.05, 4.69) is 13.8 Å². The monoisotopic (exact) mass is 656 g/mol. The van der Waals surface area contributed by atoms with Gasteiger partial charge in [0.1, 0.15) is 11.5 Å². The van der Waals surface area contributed by atoms with Gasteiger partial charge in [0.25, 0.3) is 0 Å². The summed E-state index contributed by atoms with van der Waals surface area (Å²) in [5, 5.41) is 0. The van der Waals surface area contributed by atoms with Crippen LogP contribution in [-0.4, -0.2) is 24.0 Å². The molecule has 3 aromatic rings. The highest BCUT2D eigenvalue weighted by Gasteiger charge is 2.14. The Morgan fingerprint density at radius 2 is 0.917 bits per heavy atom. The second kappa shape index (κ2) is 22.6. The topological polar surface area (TPSA) is 78.9 Å². The van der Waals surface area contributed by atoms with Crippen LogP contribution in [0.1, 0.15) is 151 Å². The van der Waals surface area contributed by atoms with Crippen LogP contribution in [0.25, 0.3) is 11.1 Å². The number of benzene rings is 3. The van der Waals surface area contributed by atoms with E-state index in [-0.39, 0.29) is 18.0 Å². The lowest BCUT2D eigenvalue weighted by Gasteiger charge is -2.13. The molecule has 0 bridgehead atoms. The SMILES string of the molecule is CCCCCCCCCCCCCC(=O)Oc1ccc(-c2ccc(C(=O)Oc3ccc(C(=O)OC(C)CCCCCC)cc3)cc2)cc1. The predicted molar refractivity (Wildman–Crippen MR) is 194 cm³/mol. The molecule has 0 aliphatic rings. The summed E-state index contributed by atoms with van der Waals surface area (Å²) in [5.41, 5.74) is 2.70. The van der Waals surface area contributed by atoms with Crippen molar-refractivity contribution in [2.75, 3.05) is 0 Å². The number of rotatable bonds is 23. The highest BCUT2D eigenvalue weighted by molar-refractivity contribution is 5.92. The summed E-state index contributed by atoms with van der Waals surface area (Å²) in [6.07, 6.45) is 19.4. The molecular weight excluding hydrogens is 600 g/mol. The zero-order valence-corrected chi connectivity index (χ0v) is 29.5. The summed E-state index contributed by atoms with van der Waals surface area (Å²) in [6, 6.07) is 20.9. The third kappa shape index (κ3) is 14.9. The zero-order valence-electron chi connectivity index (χ0n) is 29.5. The largest absolute Gasteiger partial charge is 0.459 e. The minimum atomic E-state index is -0.488. The molecule has 1 atom stereocenters. The number of esters is 3. The van der Waals surface area contributed by atoms with Crippen molar-refractivity contribution in [2.45, 2.75) is 136 Å². The summed E-state index contributed by atoms with van der Waals surface area (Å²) in [4.78, 5) is 37.5. The van der Waals surface area contributed by atoms with Crippen molar-refractivity contribution in [3.63, 3.8) is 0 Å². The standard InChI is InChI=1S/C42H56O6/c1-4-6-8-10-11-12-13-14-15-16-18-20-40(43)47-38-29-25-35(26-30-38)34-21-23-36(24-22-34)42(45)48-39-31-27-37(28-32-39)41(44)46-33(3)19-17-9-7-5-2/h21-33H,4-20H2,1-3H3. The zero-order chi connectivity index (χ0) is 34.4. The Balaban J connectivity index is 1.36. The third-order valence-electron chi connectivity index (χ3n) is 8.60. The summed E-state index contributed by atoms with van der Waals surface area (Å²) in [7, 11) is 0. The number of carbonyl (C=O) groups is 3. The first kappa shape index (κ1) is 38.5. The van der Waals surface area contributed by atoms with Crippen molar-refractivity contribution in [1.82, 2.24) is 0 Å². The molecule has 0 heterocycles. The van der Waals surface area contributed by atoms with Gasteiger partial charge in [0.2, 0.25) is 0 Å². The van der Waals surface area contributed by atoms with Crippen molar-refractivity contribution >= 4 is 17.9 Å². The molecule has 0 N–H and O–H groups in total. The van der Waals surface area contributed by atoms with E-state index >= 15 is 0 Å². The average Bonchev–Trinajstić information content (AvgIpc) is 3.10. The van der Waals surface area contributed by atoms with Gasteiger partial charge in [0, 0.05) is 6.42 Å². The number of hydrogen-bond donors (Lipinski definition) is 0. The molecule has 0 saturated carbocycles. The minimum absolute atomic E-state index is 0.140. The maximum absolute atomic E-state index is 12.8. The summed E-state index contributed by atoms with van der Waals surface area (Å²) in [6.45, 7) is 6.33. The Kier molecular flexibility index (Phi) is 18.1. The summed E-state index contributed by atoms with van der Waals surface area (Å²) < 4.78 is 16.6. The molecule has 0 aliphatic carbocycles. The van der Waals surface area contributed by atoms with E-state index < -0.39 is 5.97 Å². The molecule has 48 heavy (non-hydrogen) atoms. The molecule has 0 saturated heterocycles. The first-order chi connectivity index (χ1) is 23.4. The summed E-state index contributed by atoms with van der Waals surface area (Å²) in [5.74, 6) is -0.182. The van der Waals surface area contributed by atoms with E-state index in [4.69, 9.17) is 14.2 Å². The average molecular weight is 657 g/mol. The first-order valence-corrected chi connectivity index (χ1v) is 18.3. The number of ether oxygens (including phenoxy) is 3. The predicted octanol–water partition coefficient (Wildman–Crippen LogP) is 11.7. The van der Waals surface area contributed by atoms with E-state index in [9.17, 15) is 14.4 Å². The molecule has 1 unspecified atom stereocenters. The molecule has 0 radical (unpaired) electrons. The van der Waals surface area contributed by atoms with E-state index in [0.29, 0.717) is 29.0 Å². The highest BCUT2D eigenvalue weighted by Crippen LogP contribution is 2.24. The molecule has 0 aliphatic heterocycles. The van der Waals surface area contributed by atoms with Gasteiger partial charge in [-0.05, 0) is 85.8 Å². The normalized spacial score (nSPS) is 11.6. The number of carbonyl (C=O) groups excluding carboxylic acids is 3. The first-order valence-electron chi connectivity index (χ1n) is 18.3. The fourth-order valence-corrected chi connectivity index (χ4v) is 5.62. The van der Waals surface area contributed by atoms with Crippen LogP contribution in [-0.2, 0) is 9.53 Å². The van der Waals surface area contributed by atoms with Gasteiger partial charge in [-0.1, -0.05) is 122 Å². The third-order valence-corrected chi connectivity index (χ3v) is 8.60. The van der Waals surface area contributed by atoms with Gasteiger partial charge >= 0.3 is 17.9 Å². The molecule has 6 heteroatoms. The van der Waals surface area contributed by atoms with Gasteiger partial charge in [0.05, 0.1) is 17.2 Å². The van der Waals surface area contributed by atoms with E-state index in [1.807, 2.05) is 31.2 Å². The molecule has 3 aromatic carbocycles. The van der Waals surface area contributed by atoms with Gasteiger partial charge in [-0.25, -0.2) is 9.59 Å². The van der Waals surface area contributed by atoms with Gasteiger partial charge in [-0.3, -0.25) is 4.79 Å². The van der Waals surface area contributed by atoms with Crippen LogP contribution in [0.15, 0.2) is 72.8 Å². The van der Waals surface area contributed by atoms with Crippen LogP contribution < -0.4 is 9.47 Å². The lowest BCUT2D eigenvalue weighted by molar-refractivity contribution is -0.134. The Hall–Kier alpha value is -3.93. The molecule has 6 nitrogen and oxygen atoms in total. The number of unbranched alkanes of at least 4 members (excludes halogenated alkanes) is 13. The van der Waals surface area contributed by atoms with Crippen LogP contribution in [0.2, 0.25) is 0 Å². The highest BCUT2D eigenvalue weighted by atomic mass is 16.5. The molecule has 260 valence electrons. The minimum Gasteiger partial charge on any atom is -0.459 e. The van der Waals surface area contributed by atoms with Crippen LogP contribution in [0.5, 0.6) is 11.5 Å².